The van der Waals surface area contributed by atoms with Gasteiger partial charge in [0.25, 0.3) is 5.89 Å². The molecule has 1 aromatic heterocycles. The monoisotopic (exact) mass is 262 g/mol. The van der Waals surface area contributed by atoms with Crippen LogP contribution < -0.4 is 14.2 Å². The molecule has 7 nitrogen and oxygen atoms in total. The van der Waals surface area contributed by atoms with E-state index in [2.05, 4.69) is 10.2 Å². The Morgan fingerprint density at radius 1 is 1.32 bits per heavy atom. The van der Waals surface area contributed by atoms with Gasteiger partial charge in [-0.3, -0.25) is 4.79 Å². The molecule has 19 heavy (non-hydrogen) atoms. The highest BCUT2D eigenvalue weighted by atomic mass is 16.7. The standard InChI is InChI=1S/C12H10N2O5/c1-7-13-14-12(19-7)5-16-9-3-11-10(17-6-18-11)2-8(9)4-15/h2-4H,5-6H2,1H3. The second kappa shape index (κ2) is 4.60. The summed E-state index contributed by atoms with van der Waals surface area (Å²) in [5.74, 6) is 2.26. The van der Waals surface area contributed by atoms with Crippen LogP contribution in [-0.4, -0.2) is 23.3 Å². The fraction of sp³-hybridized carbons (Fsp3) is 0.250. The van der Waals surface area contributed by atoms with E-state index in [0.717, 1.165) is 0 Å². The molecule has 98 valence electrons. The van der Waals surface area contributed by atoms with Crippen molar-refractivity contribution in [1.29, 1.82) is 0 Å². The summed E-state index contributed by atoms with van der Waals surface area (Å²) in [5, 5.41) is 7.49. The quantitative estimate of drug-likeness (QED) is 0.772. The minimum Gasteiger partial charge on any atom is -0.483 e. The summed E-state index contributed by atoms with van der Waals surface area (Å²) < 4.78 is 21.1. The van der Waals surface area contributed by atoms with E-state index in [9.17, 15) is 4.79 Å². The van der Waals surface area contributed by atoms with E-state index in [1.54, 1.807) is 19.1 Å². The van der Waals surface area contributed by atoms with Crippen LogP contribution >= 0.6 is 0 Å². The van der Waals surface area contributed by atoms with E-state index in [4.69, 9.17) is 18.6 Å². The van der Waals surface area contributed by atoms with Gasteiger partial charge in [-0.15, -0.1) is 10.2 Å². The van der Waals surface area contributed by atoms with Crippen molar-refractivity contribution in [1.82, 2.24) is 10.2 Å². The first-order valence-electron chi connectivity index (χ1n) is 5.57. The third kappa shape index (κ3) is 2.22. The molecule has 0 unspecified atom stereocenters. The van der Waals surface area contributed by atoms with Crippen LogP contribution in [0.15, 0.2) is 16.5 Å². The van der Waals surface area contributed by atoms with Gasteiger partial charge in [-0.05, 0) is 6.07 Å². The van der Waals surface area contributed by atoms with E-state index < -0.39 is 0 Å². The molecule has 0 fully saturated rings. The van der Waals surface area contributed by atoms with Gasteiger partial charge in [0.1, 0.15) is 5.75 Å². The number of benzene rings is 1. The van der Waals surface area contributed by atoms with Crippen molar-refractivity contribution in [3.8, 4) is 17.2 Å². The molecule has 0 saturated heterocycles. The largest absolute Gasteiger partial charge is 0.483 e. The molecule has 7 heteroatoms. The molecule has 0 spiro atoms. The number of carbonyl (C=O) groups excluding carboxylic acids is 1. The Labute approximate surface area is 108 Å². The predicted molar refractivity (Wildman–Crippen MR) is 61.3 cm³/mol. The van der Waals surface area contributed by atoms with Gasteiger partial charge in [0.05, 0.1) is 5.56 Å². The average Bonchev–Trinajstić information content (AvgIpc) is 3.03. The van der Waals surface area contributed by atoms with Crippen molar-refractivity contribution >= 4 is 6.29 Å². The number of nitrogens with zero attached hydrogens (tertiary/aromatic N) is 2. The van der Waals surface area contributed by atoms with E-state index in [-0.39, 0.29) is 13.4 Å². The van der Waals surface area contributed by atoms with Gasteiger partial charge in [-0.25, -0.2) is 0 Å². The van der Waals surface area contributed by atoms with Crippen molar-refractivity contribution in [3.63, 3.8) is 0 Å². The first kappa shape index (κ1) is 11.5. The van der Waals surface area contributed by atoms with Crippen LogP contribution in [0.2, 0.25) is 0 Å². The van der Waals surface area contributed by atoms with Gasteiger partial charge < -0.3 is 18.6 Å². The van der Waals surface area contributed by atoms with Crippen molar-refractivity contribution in [3.05, 3.63) is 29.5 Å². The summed E-state index contributed by atoms with van der Waals surface area (Å²) in [6, 6.07) is 3.18. The molecule has 1 aliphatic rings. The molecule has 0 saturated carbocycles. The van der Waals surface area contributed by atoms with E-state index >= 15 is 0 Å². The molecular formula is C12H10N2O5. The molecule has 2 aromatic rings. The zero-order chi connectivity index (χ0) is 13.2. The number of fused-ring (bicyclic) bond motifs is 1. The summed E-state index contributed by atoms with van der Waals surface area (Å²) in [7, 11) is 0. The zero-order valence-electron chi connectivity index (χ0n) is 10.1. The number of aryl methyl sites for hydroxylation is 1. The smallest absolute Gasteiger partial charge is 0.253 e. The van der Waals surface area contributed by atoms with E-state index in [1.165, 1.54) is 0 Å². The molecule has 0 atom stereocenters. The average molecular weight is 262 g/mol. The lowest BCUT2D eigenvalue weighted by molar-refractivity contribution is 0.111. The van der Waals surface area contributed by atoms with Crippen molar-refractivity contribution in [2.75, 3.05) is 6.79 Å². The number of aldehydes is 1. The minimum atomic E-state index is 0.0846. The van der Waals surface area contributed by atoms with Gasteiger partial charge in [0.15, 0.2) is 24.4 Å². The number of hydrogen-bond acceptors (Lipinski definition) is 7. The van der Waals surface area contributed by atoms with Gasteiger partial charge in [-0.1, -0.05) is 0 Å². The first-order valence-corrected chi connectivity index (χ1v) is 5.57. The summed E-state index contributed by atoms with van der Waals surface area (Å²) in [5.41, 5.74) is 0.375. The van der Waals surface area contributed by atoms with Crippen molar-refractivity contribution < 1.29 is 23.4 Å². The van der Waals surface area contributed by atoms with Crippen LogP contribution in [0.4, 0.5) is 0 Å². The maximum atomic E-state index is 11.0. The Balaban J connectivity index is 1.81. The molecule has 0 aliphatic carbocycles. The molecule has 0 bridgehead atoms. The normalized spacial score (nSPS) is 12.5. The Kier molecular flexibility index (Phi) is 2.79. The Morgan fingerprint density at radius 3 is 2.79 bits per heavy atom. The van der Waals surface area contributed by atoms with Crippen LogP contribution in [-0.2, 0) is 6.61 Å². The lowest BCUT2D eigenvalue weighted by atomic mass is 10.2. The van der Waals surface area contributed by atoms with E-state index in [1.807, 2.05) is 0 Å². The molecule has 0 radical (unpaired) electrons. The lowest BCUT2D eigenvalue weighted by Gasteiger charge is -2.07. The van der Waals surface area contributed by atoms with Crippen LogP contribution in [0.3, 0.4) is 0 Å². The fourth-order valence-corrected chi connectivity index (χ4v) is 1.69. The van der Waals surface area contributed by atoms with Gasteiger partial charge in [0.2, 0.25) is 12.7 Å². The Morgan fingerprint density at radius 2 is 2.11 bits per heavy atom. The highest BCUT2D eigenvalue weighted by molar-refractivity contribution is 5.81. The van der Waals surface area contributed by atoms with Crippen molar-refractivity contribution in [2.45, 2.75) is 13.5 Å². The zero-order valence-corrected chi connectivity index (χ0v) is 10.1. The predicted octanol–water partition coefficient (Wildman–Crippen LogP) is 1.50. The van der Waals surface area contributed by atoms with Gasteiger partial charge in [-0.2, -0.15) is 0 Å². The van der Waals surface area contributed by atoms with Crippen molar-refractivity contribution in [2.24, 2.45) is 0 Å². The topological polar surface area (TPSA) is 83.7 Å². The van der Waals surface area contributed by atoms with Crippen LogP contribution in [0.25, 0.3) is 0 Å². The second-order valence-electron chi connectivity index (χ2n) is 3.86. The number of hydrogen-bond donors (Lipinski definition) is 0. The summed E-state index contributed by atoms with van der Waals surface area (Å²) >= 11 is 0. The highest BCUT2D eigenvalue weighted by Crippen LogP contribution is 2.37. The third-order valence-corrected chi connectivity index (χ3v) is 2.55. The highest BCUT2D eigenvalue weighted by Gasteiger charge is 2.18. The Bertz CT molecular complexity index is 623. The number of rotatable bonds is 4. The number of aromatic nitrogens is 2. The molecule has 1 aromatic carbocycles. The van der Waals surface area contributed by atoms with Gasteiger partial charge in [0, 0.05) is 13.0 Å². The van der Waals surface area contributed by atoms with Crippen LogP contribution in [0, 0.1) is 6.92 Å². The molecule has 0 N–H and O–H groups in total. The number of ether oxygens (including phenoxy) is 3. The molecule has 2 heterocycles. The maximum absolute atomic E-state index is 11.0. The number of carbonyl (C=O) groups is 1. The molecule has 3 rings (SSSR count). The van der Waals surface area contributed by atoms with Crippen LogP contribution in [0.5, 0.6) is 17.2 Å². The maximum Gasteiger partial charge on any atom is 0.253 e. The minimum absolute atomic E-state index is 0.0846. The Hall–Kier alpha value is -2.57. The third-order valence-electron chi connectivity index (χ3n) is 2.55. The molecule has 0 amide bonds. The summed E-state index contributed by atoms with van der Waals surface area (Å²) in [4.78, 5) is 11.0. The summed E-state index contributed by atoms with van der Waals surface area (Å²) in [6.45, 7) is 1.91. The van der Waals surface area contributed by atoms with E-state index in [0.29, 0.717) is 40.9 Å². The SMILES string of the molecule is Cc1nnc(COc2cc3c(cc2C=O)OCO3)o1. The fourth-order valence-electron chi connectivity index (χ4n) is 1.69. The summed E-state index contributed by atoms with van der Waals surface area (Å²) in [6.07, 6.45) is 0.691. The molecular weight excluding hydrogens is 252 g/mol. The van der Waals surface area contributed by atoms with Gasteiger partial charge >= 0.3 is 0 Å². The molecule has 1 aliphatic heterocycles. The van der Waals surface area contributed by atoms with Crippen LogP contribution in [0.1, 0.15) is 22.1 Å². The lowest BCUT2D eigenvalue weighted by Crippen LogP contribution is -1.99. The second-order valence-corrected chi connectivity index (χ2v) is 3.86. The first-order chi connectivity index (χ1) is 9.26.